The molecule has 140 valence electrons. The first kappa shape index (κ1) is 17.1. The SMILES string of the molecule is O=C(N1CCSC(c2ccccc2F)CC1)C12CC3CC(CC(C3)C1)C2. The van der Waals surface area contributed by atoms with E-state index in [1.165, 1.54) is 19.3 Å². The van der Waals surface area contributed by atoms with E-state index in [0.717, 1.165) is 67.8 Å². The van der Waals surface area contributed by atoms with Crippen LogP contribution in [-0.2, 0) is 4.79 Å². The number of hydrogen-bond donors (Lipinski definition) is 0. The van der Waals surface area contributed by atoms with Crippen molar-refractivity contribution in [1.29, 1.82) is 0 Å². The van der Waals surface area contributed by atoms with Gasteiger partial charge in [-0.2, -0.15) is 11.8 Å². The van der Waals surface area contributed by atoms with Crippen molar-refractivity contribution >= 4 is 17.7 Å². The van der Waals surface area contributed by atoms with Gasteiger partial charge in [0.2, 0.25) is 5.91 Å². The topological polar surface area (TPSA) is 20.3 Å². The van der Waals surface area contributed by atoms with Crippen LogP contribution >= 0.6 is 11.8 Å². The van der Waals surface area contributed by atoms with Crippen molar-refractivity contribution in [3.8, 4) is 0 Å². The van der Waals surface area contributed by atoms with Gasteiger partial charge in [-0.05, 0) is 68.8 Å². The molecule has 2 nitrogen and oxygen atoms in total. The van der Waals surface area contributed by atoms with Crippen LogP contribution in [0.2, 0.25) is 0 Å². The molecular formula is C22H28FNOS. The number of halogens is 1. The second kappa shape index (κ2) is 6.54. The Morgan fingerprint density at radius 2 is 1.69 bits per heavy atom. The van der Waals surface area contributed by atoms with Crippen LogP contribution in [0.1, 0.15) is 55.8 Å². The molecule has 4 heteroatoms. The van der Waals surface area contributed by atoms with Crippen molar-refractivity contribution in [2.45, 2.75) is 50.2 Å². The predicted molar refractivity (Wildman–Crippen MR) is 103 cm³/mol. The van der Waals surface area contributed by atoms with Gasteiger partial charge in [-0.25, -0.2) is 4.39 Å². The molecule has 0 radical (unpaired) electrons. The van der Waals surface area contributed by atoms with Crippen molar-refractivity contribution < 1.29 is 9.18 Å². The van der Waals surface area contributed by atoms with Gasteiger partial charge in [0.05, 0.1) is 5.41 Å². The Labute approximate surface area is 159 Å². The van der Waals surface area contributed by atoms with Crippen molar-refractivity contribution in [2.24, 2.45) is 23.2 Å². The average molecular weight is 374 g/mol. The third-order valence-corrected chi connectivity index (χ3v) is 8.68. The summed E-state index contributed by atoms with van der Waals surface area (Å²) in [6.07, 6.45) is 8.39. The molecule has 5 aliphatic rings. The first-order valence-electron chi connectivity index (χ1n) is 10.3. The van der Waals surface area contributed by atoms with E-state index in [9.17, 15) is 9.18 Å². The minimum absolute atomic E-state index is 0.0444. The van der Waals surface area contributed by atoms with Crippen molar-refractivity contribution in [3.05, 3.63) is 35.6 Å². The molecule has 0 spiro atoms. The van der Waals surface area contributed by atoms with Crippen molar-refractivity contribution in [1.82, 2.24) is 4.90 Å². The minimum Gasteiger partial charge on any atom is -0.341 e. The maximum Gasteiger partial charge on any atom is 0.228 e. The molecule has 4 aliphatic carbocycles. The van der Waals surface area contributed by atoms with E-state index in [-0.39, 0.29) is 16.5 Å². The molecule has 4 bridgehead atoms. The van der Waals surface area contributed by atoms with Gasteiger partial charge in [0.25, 0.3) is 0 Å². The maximum atomic E-state index is 14.2. The molecule has 1 aliphatic heterocycles. The predicted octanol–water partition coefficient (Wildman–Crippen LogP) is 5.05. The Morgan fingerprint density at radius 3 is 2.35 bits per heavy atom. The Kier molecular flexibility index (Phi) is 4.30. The summed E-state index contributed by atoms with van der Waals surface area (Å²) in [4.78, 5) is 15.7. The van der Waals surface area contributed by atoms with Gasteiger partial charge in [0, 0.05) is 29.7 Å². The van der Waals surface area contributed by atoms with Crippen LogP contribution in [0, 0.1) is 29.0 Å². The Morgan fingerprint density at radius 1 is 1.04 bits per heavy atom. The number of rotatable bonds is 2. The highest BCUT2D eigenvalue weighted by Crippen LogP contribution is 2.60. The van der Waals surface area contributed by atoms with Crippen LogP contribution in [-0.4, -0.2) is 29.6 Å². The fourth-order valence-corrected chi connectivity index (χ4v) is 7.92. The number of hydrogen-bond acceptors (Lipinski definition) is 2. The molecule has 1 heterocycles. The fraction of sp³-hybridized carbons (Fsp3) is 0.682. The second-order valence-corrected chi connectivity index (χ2v) is 10.5. The summed E-state index contributed by atoms with van der Waals surface area (Å²) in [5.74, 6) is 3.65. The Balaban J connectivity index is 1.31. The summed E-state index contributed by atoms with van der Waals surface area (Å²) in [5, 5.41) is 0.172. The van der Waals surface area contributed by atoms with E-state index in [4.69, 9.17) is 0 Å². The fourth-order valence-electron chi connectivity index (χ4n) is 6.67. The summed E-state index contributed by atoms with van der Waals surface area (Å²) in [5.41, 5.74) is 0.763. The Bertz CT molecular complexity index is 670. The van der Waals surface area contributed by atoms with Crippen LogP contribution in [0.5, 0.6) is 0 Å². The number of benzene rings is 1. The van der Waals surface area contributed by atoms with E-state index in [1.807, 2.05) is 23.9 Å². The molecular weight excluding hydrogens is 345 g/mol. The van der Waals surface area contributed by atoms with Crippen LogP contribution < -0.4 is 0 Å². The summed E-state index contributed by atoms with van der Waals surface area (Å²) in [6.45, 7) is 1.61. The lowest BCUT2D eigenvalue weighted by molar-refractivity contribution is -0.157. The largest absolute Gasteiger partial charge is 0.341 e. The average Bonchev–Trinajstić information content (AvgIpc) is 2.86. The highest BCUT2D eigenvalue weighted by Gasteiger charge is 2.55. The highest BCUT2D eigenvalue weighted by atomic mass is 32.2. The number of carbonyl (C=O) groups is 1. The monoisotopic (exact) mass is 373 g/mol. The maximum absolute atomic E-state index is 14.2. The molecule has 0 aromatic heterocycles. The van der Waals surface area contributed by atoms with Crippen LogP contribution in [0.4, 0.5) is 4.39 Å². The lowest BCUT2D eigenvalue weighted by Gasteiger charge is -2.56. The van der Waals surface area contributed by atoms with Gasteiger partial charge >= 0.3 is 0 Å². The summed E-state index contributed by atoms with van der Waals surface area (Å²) in [7, 11) is 0. The van der Waals surface area contributed by atoms with Gasteiger partial charge in [-0.15, -0.1) is 0 Å². The molecule has 1 aromatic carbocycles. The summed E-state index contributed by atoms with van der Waals surface area (Å²) >= 11 is 1.82. The van der Waals surface area contributed by atoms with Crippen molar-refractivity contribution in [3.63, 3.8) is 0 Å². The number of nitrogens with zero attached hydrogens (tertiary/aromatic N) is 1. The molecule has 1 unspecified atom stereocenters. The molecule has 1 amide bonds. The third-order valence-electron chi connectivity index (χ3n) is 7.37. The number of thioether (sulfide) groups is 1. The van der Waals surface area contributed by atoms with E-state index in [0.29, 0.717) is 5.91 Å². The quantitative estimate of drug-likeness (QED) is 0.723. The van der Waals surface area contributed by atoms with Gasteiger partial charge in [0.15, 0.2) is 0 Å². The molecule has 0 N–H and O–H groups in total. The highest BCUT2D eigenvalue weighted by molar-refractivity contribution is 7.99. The van der Waals surface area contributed by atoms with Gasteiger partial charge in [-0.3, -0.25) is 4.79 Å². The van der Waals surface area contributed by atoms with Gasteiger partial charge in [-0.1, -0.05) is 18.2 Å². The van der Waals surface area contributed by atoms with E-state index < -0.39 is 0 Å². The molecule has 5 fully saturated rings. The molecule has 4 saturated carbocycles. The zero-order valence-electron chi connectivity index (χ0n) is 15.3. The molecule has 26 heavy (non-hydrogen) atoms. The van der Waals surface area contributed by atoms with E-state index in [2.05, 4.69) is 4.90 Å². The van der Waals surface area contributed by atoms with Crippen LogP contribution in [0.15, 0.2) is 24.3 Å². The zero-order valence-corrected chi connectivity index (χ0v) is 16.1. The molecule has 1 saturated heterocycles. The van der Waals surface area contributed by atoms with Gasteiger partial charge < -0.3 is 4.90 Å². The molecule has 1 aromatic rings. The molecule has 6 rings (SSSR count). The molecule has 1 atom stereocenters. The number of carbonyl (C=O) groups excluding carboxylic acids is 1. The normalized spacial score (nSPS) is 39.0. The van der Waals surface area contributed by atoms with Crippen molar-refractivity contribution in [2.75, 3.05) is 18.8 Å². The Hall–Kier alpha value is -1.03. The second-order valence-electron chi connectivity index (χ2n) is 9.16. The van der Waals surface area contributed by atoms with Gasteiger partial charge in [0.1, 0.15) is 5.82 Å². The van der Waals surface area contributed by atoms with E-state index >= 15 is 0 Å². The first-order valence-corrected chi connectivity index (χ1v) is 11.3. The van der Waals surface area contributed by atoms with Crippen LogP contribution in [0.3, 0.4) is 0 Å². The first-order chi connectivity index (χ1) is 12.6. The smallest absolute Gasteiger partial charge is 0.228 e. The lowest BCUT2D eigenvalue weighted by atomic mass is 9.49. The summed E-state index contributed by atoms with van der Waals surface area (Å²) < 4.78 is 14.2. The van der Waals surface area contributed by atoms with E-state index in [1.54, 1.807) is 12.1 Å². The standard InChI is InChI=1S/C22H28FNOS/c23-19-4-2-1-3-18(19)20-5-6-24(7-8-26-20)21(25)22-12-15-9-16(13-22)11-17(10-15)14-22/h1-4,15-17,20H,5-14H2. The summed E-state index contributed by atoms with van der Waals surface area (Å²) in [6, 6.07) is 7.13. The lowest BCUT2D eigenvalue weighted by Crippen LogP contribution is -2.54. The van der Waals surface area contributed by atoms with Crippen LogP contribution in [0.25, 0.3) is 0 Å². The zero-order chi connectivity index (χ0) is 17.7. The number of amides is 1. The third kappa shape index (κ3) is 2.89. The minimum atomic E-state index is -0.106.